The van der Waals surface area contributed by atoms with Gasteiger partial charge in [0.05, 0.1) is 28.6 Å². The monoisotopic (exact) mass is 577 g/mol. The fourth-order valence-electron chi connectivity index (χ4n) is 6.05. The molecule has 9 heteroatoms. The quantitative estimate of drug-likeness (QED) is 0.295. The predicted molar refractivity (Wildman–Crippen MR) is 165 cm³/mol. The molecular weight excluding hydrogens is 546 g/mol. The largest absolute Gasteiger partial charge is 0.386 e. The van der Waals surface area contributed by atoms with Crippen molar-refractivity contribution in [1.82, 2.24) is 9.88 Å². The summed E-state index contributed by atoms with van der Waals surface area (Å²) in [6, 6.07) is 27.6. The summed E-state index contributed by atoms with van der Waals surface area (Å²) in [5.41, 5.74) is 12.5. The van der Waals surface area contributed by atoms with E-state index in [0.29, 0.717) is 5.84 Å². The summed E-state index contributed by atoms with van der Waals surface area (Å²) in [7, 11) is -3.78. The van der Waals surface area contributed by atoms with Crippen LogP contribution in [0.5, 0.6) is 0 Å². The fourth-order valence-corrected chi connectivity index (χ4v) is 7.03. The lowest BCUT2D eigenvalue weighted by Crippen LogP contribution is -2.49. The molecule has 3 aromatic carbocycles. The van der Waals surface area contributed by atoms with Crippen LogP contribution in [0.1, 0.15) is 24.0 Å². The first kappa shape index (κ1) is 26.6. The van der Waals surface area contributed by atoms with Crippen molar-refractivity contribution >= 4 is 38.8 Å². The lowest BCUT2D eigenvalue weighted by Gasteiger charge is -2.43. The van der Waals surface area contributed by atoms with Gasteiger partial charge in [0.15, 0.2) is 0 Å². The van der Waals surface area contributed by atoms with Crippen LogP contribution in [0.25, 0.3) is 27.7 Å². The summed E-state index contributed by atoms with van der Waals surface area (Å²) in [5.74, 6) is 0.520. The highest BCUT2D eigenvalue weighted by Gasteiger charge is 2.45. The summed E-state index contributed by atoms with van der Waals surface area (Å²) >= 11 is 0. The van der Waals surface area contributed by atoms with Crippen LogP contribution >= 0.6 is 0 Å². The molecule has 1 aromatic heterocycles. The molecule has 2 aliphatic heterocycles. The van der Waals surface area contributed by atoms with Crippen molar-refractivity contribution in [3.8, 4) is 11.3 Å². The Balaban J connectivity index is 1.10. The van der Waals surface area contributed by atoms with Gasteiger partial charge in [-0.25, -0.2) is 15.0 Å². The summed E-state index contributed by atoms with van der Waals surface area (Å²) in [4.78, 5) is 16.5. The minimum Gasteiger partial charge on any atom is -0.386 e. The number of nitrogens with two attached hydrogens (primary N) is 1. The molecule has 0 saturated heterocycles. The van der Waals surface area contributed by atoms with E-state index in [-0.39, 0.29) is 35.5 Å². The van der Waals surface area contributed by atoms with Gasteiger partial charge in [0.1, 0.15) is 18.3 Å². The second-order valence-electron chi connectivity index (χ2n) is 11.3. The third-order valence-electron chi connectivity index (χ3n) is 8.47. The van der Waals surface area contributed by atoms with E-state index in [0.717, 1.165) is 51.7 Å². The summed E-state index contributed by atoms with van der Waals surface area (Å²) in [6.07, 6.45) is 5.14. The number of aromatic nitrogens is 1. The van der Waals surface area contributed by atoms with Gasteiger partial charge in [-0.1, -0.05) is 66.2 Å². The van der Waals surface area contributed by atoms with E-state index in [9.17, 15) is 8.42 Å². The van der Waals surface area contributed by atoms with Gasteiger partial charge in [-0.05, 0) is 61.1 Å². The Kier molecular flexibility index (Phi) is 6.63. The highest BCUT2D eigenvalue weighted by atomic mass is 32.2. The Morgan fingerprint density at radius 2 is 1.71 bits per heavy atom. The number of aryl methyl sites for hydroxylation is 1. The van der Waals surface area contributed by atoms with E-state index in [2.05, 4.69) is 52.5 Å². The number of benzene rings is 3. The molecule has 0 amide bonds. The third kappa shape index (κ3) is 4.88. The van der Waals surface area contributed by atoms with Crippen LogP contribution < -0.4 is 5.73 Å². The number of pyridine rings is 1. The number of hydrogen-bond donors (Lipinski definition) is 1. The number of fused-ring (bicyclic) bond motifs is 2. The molecule has 3 aliphatic rings. The van der Waals surface area contributed by atoms with E-state index in [1.165, 1.54) is 0 Å². The molecule has 212 valence electrons. The van der Waals surface area contributed by atoms with Gasteiger partial charge in [0.2, 0.25) is 0 Å². The topological polar surface area (TPSA) is 110 Å². The van der Waals surface area contributed by atoms with Gasteiger partial charge in [-0.2, -0.15) is 8.42 Å². The summed E-state index contributed by atoms with van der Waals surface area (Å²) in [6.45, 7) is 2.08. The zero-order valence-electron chi connectivity index (χ0n) is 23.2. The number of aliphatic imine (C=N–C) groups is 2. The molecule has 0 spiro atoms. The Morgan fingerprint density at radius 3 is 2.50 bits per heavy atom. The lowest BCUT2D eigenvalue weighted by molar-refractivity contribution is 0.0630. The minimum atomic E-state index is -3.78. The van der Waals surface area contributed by atoms with E-state index in [1.54, 1.807) is 30.6 Å². The summed E-state index contributed by atoms with van der Waals surface area (Å²) < 4.78 is 30.7. The van der Waals surface area contributed by atoms with Gasteiger partial charge in [0.25, 0.3) is 10.1 Å². The van der Waals surface area contributed by atoms with E-state index in [4.69, 9.17) is 19.9 Å². The lowest BCUT2D eigenvalue weighted by atomic mass is 9.79. The fraction of sp³-hybridized carbons (Fsp3) is 0.242. The van der Waals surface area contributed by atoms with Crippen LogP contribution in [0.2, 0.25) is 0 Å². The zero-order chi connectivity index (χ0) is 28.8. The van der Waals surface area contributed by atoms with Crippen molar-refractivity contribution in [2.45, 2.75) is 36.9 Å². The number of rotatable bonds is 7. The van der Waals surface area contributed by atoms with Gasteiger partial charge in [0, 0.05) is 23.2 Å². The number of hydrogen-bond acceptors (Lipinski definition) is 8. The molecular formula is C33H31N5O3S. The smallest absolute Gasteiger partial charge is 0.296 e. The number of amidine groups is 1. The van der Waals surface area contributed by atoms with E-state index in [1.807, 2.05) is 31.2 Å². The highest BCUT2D eigenvalue weighted by Crippen LogP contribution is 2.44. The molecule has 0 radical (unpaired) electrons. The molecule has 0 bridgehead atoms. The molecule has 8 nitrogen and oxygen atoms in total. The van der Waals surface area contributed by atoms with Crippen LogP contribution in [0.3, 0.4) is 0 Å². The molecule has 3 heterocycles. The van der Waals surface area contributed by atoms with Crippen LogP contribution in [0.4, 0.5) is 0 Å². The first-order valence-electron chi connectivity index (χ1n) is 14.1. The van der Waals surface area contributed by atoms with Crippen molar-refractivity contribution in [3.05, 3.63) is 102 Å². The first-order chi connectivity index (χ1) is 20.4. The van der Waals surface area contributed by atoms with E-state index >= 15 is 0 Å². The minimum absolute atomic E-state index is 0.144. The second kappa shape index (κ2) is 10.5. The average Bonchev–Trinajstić information content (AvgIpc) is 3.37. The molecule has 42 heavy (non-hydrogen) atoms. The number of nitrogens with zero attached hydrogens (tertiary/aromatic N) is 4. The van der Waals surface area contributed by atoms with Crippen LogP contribution in [0, 0.1) is 18.8 Å². The van der Waals surface area contributed by atoms with Gasteiger partial charge in [-0.3, -0.25) is 4.18 Å². The SMILES string of the molecule is Cc1ccc(S(=O)(=O)OCC2CC(N3C=C(c4ccc5ccc(-c6ccccc6)nc5c4)C4C(N)=NC=NC43)C2)cc1. The molecule has 2 unspecified atom stereocenters. The Labute approximate surface area is 245 Å². The van der Waals surface area contributed by atoms with Gasteiger partial charge < -0.3 is 10.6 Å². The highest BCUT2D eigenvalue weighted by molar-refractivity contribution is 7.86. The van der Waals surface area contributed by atoms with Crippen molar-refractivity contribution in [1.29, 1.82) is 0 Å². The predicted octanol–water partition coefficient (Wildman–Crippen LogP) is 5.39. The maximum Gasteiger partial charge on any atom is 0.296 e. The normalized spacial score (nSPS) is 23.3. The molecule has 7 rings (SSSR count). The molecule has 2 N–H and O–H groups in total. The summed E-state index contributed by atoms with van der Waals surface area (Å²) in [5, 5.41) is 1.07. The molecule has 2 atom stereocenters. The zero-order valence-corrected chi connectivity index (χ0v) is 24.0. The molecule has 1 aliphatic carbocycles. The van der Waals surface area contributed by atoms with Crippen molar-refractivity contribution in [3.63, 3.8) is 0 Å². The maximum atomic E-state index is 12.7. The van der Waals surface area contributed by atoms with Crippen LogP contribution in [-0.4, -0.2) is 49.3 Å². The maximum absolute atomic E-state index is 12.7. The first-order valence-corrected chi connectivity index (χ1v) is 15.5. The van der Waals surface area contributed by atoms with Crippen molar-refractivity contribution in [2.75, 3.05) is 6.61 Å². The molecule has 4 aromatic rings. The molecule has 1 fully saturated rings. The van der Waals surface area contributed by atoms with Crippen molar-refractivity contribution < 1.29 is 12.6 Å². The third-order valence-corrected chi connectivity index (χ3v) is 9.76. The Hall–Kier alpha value is -4.34. The van der Waals surface area contributed by atoms with E-state index < -0.39 is 10.1 Å². The standard InChI is InChI=1S/C33H31N5O3S/c1-21-7-12-27(13-8-21)42(39,40)41-19-22-15-26(16-22)38-18-28(31-32(34)35-20-36-33(31)38)25-10-9-24-11-14-29(37-30(24)17-25)23-5-3-2-4-6-23/h2-14,17-18,20,22,26,31,33H,15-16,19H2,1H3,(H2,34,35,36). The van der Waals surface area contributed by atoms with Crippen molar-refractivity contribution in [2.24, 2.45) is 27.6 Å². The Morgan fingerprint density at radius 1 is 0.952 bits per heavy atom. The van der Waals surface area contributed by atoms with Crippen LogP contribution in [0.15, 0.2) is 106 Å². The average molecular weight is 578 g/mol. The van der Waals surface area contributed by atoms with Gasteiger partial charge >= 0.3 is 0 Å². The van der Waals surface area contributed by atoms with Crippen LogP contribution in [-0.2, 0) is 14.3 Å². The Bertz CT molecular complexity index is 1850. The van der Waals surface area contributed by atoms with Gasteiger partial charge in [-0.15, -0.1) is 0 Å². The second-order valence-corrected chi connectivity index (χ2v) is 12.9. The molecule has 1 saturated carbocycles.